The Morgan fingerprint density at radius 1 is 1.06 bits per heavy atom. The first kappa shape index (κ1) is 23.5. The molecular formula is C26H29N5O3. The largest absolute Gasteiger partial charge is 0.415 e. The SMILES string of the molecule is COCc1ccccc1OC(=O)N1CCN(Cc2cnc(C)n2Cc2ccc(C#N)cc2)CC1. The number of carbonyl (C=O) groups is 1. The van der Waals surface area contributed by atoms with Gasteiger partial charge in [-0.1, -0.05) is 30.3 Å². The summed E-state index contributed by atoms with van der Waals surface area (Å²) in [6.45, 7) is 6.60. The minimum absolute atomic E-state index is 0.329. The van der Waals surface area contributed by atoms with E-state index in [4.69, 9.17) is 14.7 Å². The van der Waals surface area contributed by atoms with Crippen molar-refractivity contribution in [2.75, 3.05) is 33.3 Å². The molecule has 0 spiro atoms. The molecule has 1 saturated heterocycles. The quantitative estimate of drug-likeness (QED) is 0.537. The van der Waals surface area contributed by atoms with Gasteiger partial charge in [0.05, 0.1) is 23.9 Å². The van der Waals surface area contributed by atoms with Crippen molar-refractivity contribution < 1.29 is 14.3 Å². The number of carbonyl (C=O) groups excluding carboxylic acids is 1. The predicted octanol–water partition coefficient (Wildman–Crippen LogP) is 3.57. The second kappa shape index (κ2) is 11.0. The van der Waals surface area contributed by atoms with Crippen molar-refractivity contribution in [3.05, 3.63) is 82.9 Å². The first-order valence-corrected chi connectivity index (χ1v) is 11.3. The fraction of sp³-hybridized carbons (Fsp3) is 0.346. The van der Waals surface area contributed by atoms with Crippen LogP contribution in [0.4, 0.5) is 4.79 Å². The molecule has 0 unspecified atom stereocenters. The summed E-state index contributed by atoms with van der Waals surface area (Å²) in [4.78, 5) is 21.3. The van der Waals surface area contributed by atoms with E-state index in [0.29, 0.717) is 37.6 Å². The van der Waals surface area contributed by atoms with Gasteiger partial charge >= 0.3 is 6.09 Å². The predicted molar refractivity (Wildman–Crippen MR) is 127 cm³/mol. The van der Waals surface area contributed by atoms with E-state index >= 15 is 0 Å². The topological polar surface area (TPSA) is 83.6 Å². The van der Waals surface area contributed by atoms with E-state index in [-0.39, 0.29) is 6.09 Å². The van der Waals surface area contributed by atoms with E-state index in [2.05, 4.69) is 20.5 Å². The van der Waals surface area contributed by atoms with Crippen molar-refractivity contribution in [2.24, 2.45) is 0 Å². The first-order chi connectivity index (χ1) is 16.6. The highest BCUT2D eigenvalue weighted by molar-refractivity contribution is 5.71. The van der Waals surface area contributed by atoms with E-state index < -0.39 is 0 Å². The monoisotopic (exact) mass is 459 g/mol. The molecule has 4 rings (SSSR count). The van der Waals surface area contributed by atoms with Crippen LogP contribution in [0.25, 0.3) is 0 Å². The molecule has 176 valence electrons. The molecule has 0 aliphatic carbocycles. The van der Waals surface area contributed by atoms with Gasteiger partial charge in [0.2, 0.25) is 0 Å². The summed E-state index contributed by atoms with van der Waals surface area (Å²) in [7, 11) is 1.62. The summed E-state index contributed by atoms with van der Waals surface area (Å²) in [6, 6.07) is 17.2. The van der Waals surface area contributed by atoms with Gasteiger partial charge in [-0.2, -0.15) is 5.26 Å². The van der Waals surface area contributed by atoms with Gasteiger partial charge in [0.15, 0.2) is 0 Å². The number of amides is 1. The molecule has 0 radical (unpaired) electrons. The molecule has 0 saturated carbocycles. The highest BCUT2D eigenvalue weighted by Gasteiger charge is 2.24. The van der Waals surface area contributed by atoms with Gasteiger partial charge in [-0.25, -0.2) is 9.78 Å². The van der Waals surface area contributed by atoms with Gasteiger partial charge in [0.25, 0.3) is 0 Å². The summed E-state index contributed by atoms with van der Waals surface area (Å²) >= 11 is 0. The Bertz CT molecular complexity index is 1160. The number of nitrogens with zero attached hydrogens (tertiary/aromatic N) is 5. The number of piperazine rings is 1. The standard InChI is InChI=1S/C26H29N5O3/c1-20-28-16-24(31(20)17-22-9-7-21(15-27)8-10-22)18-29-11-13-30(14-12-29)26(32)34-25-6-4-3-5-23(25)19-33-2/h3-10,16H,11-14,17-19H2,1-2H3. The molecule has 2 aromatic carbocycles. The van der Waals surface area contributed by atoms with Crippen molar-refractivity contribution in [1.29, 1.82) is 5.26 Å². The lowest BCUT2D eigenvalue weighted by atomic mass is 10.1. The number of hydrogen-bond donors (Lipinski definition) is 0. The zero-order valence-electron chi connectivity index (χ0n) is 19.6. The smallest absolute Gasteiger partial charge is 0.410 e. The van der Waals surface area contributed by atoms with Crippen LogP contribution in [0.5, 0.6) is 5.75 Å². The second-order valence-electron chi connectivity index (χ2n) is 8.36. The van der Waals surface area contributed by atoms with E-state index in [0.717, 1.165) is 42.3 Å². The maximum Gasteiger partial charge on any atom is 0.415 e. The number of aromatic nitrogens is 2. The van der Waals surface area contributed by atoms with Gasteiger partial charge in [-0.05, 0) is 30.7 Å². The van der Waals surface area contributed by atoms with Crippen molar-refractivity contribution in [3.63, 3.8) is 0 Å². The number of aryl methyl sites for hydroxylation is 1. The molecule has 1 fully saturated rings. The molecule has 2 heterocycles. The molecule has 0 bridgehead atoms. The Labute approximate surface area is 199 Å². The van der Waals surface area contributed by atoms with Gasteiger partial charge in [0, 0.05) is 58.1 Å². The molecule has 34 heavy (non-hydrogen) atoms. The molecule has 3 aromatic rings. The molecule has 1 aliphatic heterocycles. The average Bonchev–Trinajstić information content (AvgIpc) is 3.20. The van der Waals surface area contributed by atoms with E-state index in [1.165, 1.54) is 0 Å². The van der Waals surface area contributed by atoms with Gasteiger partial charge in [-0.15, -0.1) is 0 Å². The Hall–Kier alpha value is -3.67. The summed E-state index contributed by atoms with van der Waals surface area (Å²) in [5.74, 6) is 1.50. The zero-order valence-corrected chi connectivity index (χ0v) is 19.6. The first-order valence-electron chi connectivity index (χ1n) is 11.3. The van der Waals surface area contributed by atoms with E-state index in [1.807, 2.05) is 55.6 Å². The molecule has 1 aliphatic rings. The summed E-state index contributed by atoms with van der Waals surface area (Å²) < 4.78 is 13.0. The lowest BCUT2D eigenvalue weighted by Crippen LogP contribution is -2.49. The molecule has 1 aromatic heterocycles. The molecule has 0 atom stereocenters. The van der Waals surface area contributed by atoms with Crippen LogP contribution in [0.2, 0.25) is 0 Å². The minimum atomic E-state index is -0.329. The van der Waals surface area contributed by atoms with Crippen LogP contribution in [0.15, 0.2) is 54.7 Å². The average molecular weight is 460 g/mol. The van der Waals surface area contributed by atoms with Crippen molar-refractivity contribution >= 4 is 6.09 Å². The van der Waals surface area contributed by atoms with Gasteiger partial charge in [0.1, 0.15) is 11.6 Å². The van der Waals surface area contributed by atoms with Crippen LogP contribution in [0, 0.1) is 18.3 Å². The normalized spacial score (nSPS) is 14.1. The maximum absolute atomic E-state index is 12.7. The lowest BCUT2D eigenvalue weighted by Gasteiger charge is -2.34. The van der Waals surface area contributed by atoms with Crippen LogP contribution >= 0.6 is 0 Å². The van der Waals surface area contributed by atoms with E-state index in [1.54, 1.807) is 18.1 Å². The molecule has 8 nitrogen and oxygen atoms in total. The van der Waals surface area contributed by atoms with Crippen molar-refractivity contribution in [3.8, 4) is 11.8 Å². The highest BCUT2D eigenvalue weighted by atomic mass is 16.6. The number of para-hydroxylation sites is 1. The third-order valence-corrected chi connectivity index (χ3v) is 6.05. The maximum atomic E-state index is 12.7. The van der Waals surface area contributed by atoms with E-state index in [9.17, 15) is 4.79 Å². The Kier molecular flexibility index (Phi) is 7.58. The number of benzene rings is 2. The molecule has 0 N–H and O–H groups in total. The Morgan fingerprint density at radius 2 is 1.79 bits per heavy atom. The minimum Gasteiger partial charge on any atom is -0.410 e. The fourth-order valence-electron chi connectivity index (χ4n) is 4.08. The van der Waals surface area contributed by atoms with Gasteiger partial charge < -0.3 is 18.9 Å². The molecule has 8 heteroatoms. The second-order valence-corrected chi connectivity index (χ2v) is 8.36. The molecular weight excluding hydrogens is 430 g/mol. The van der Waals surface area contributed by atoms with Crippen molar-refractivity contribution in [1.82, 2.24) is 19.4 Å². The number of rotatable bonds is 7. The van der Waals surface area contributed by atoms with Crippen LogP contribution in [-0.2, 0) is 24.4 Å². The van der Waals surface area contributed by atoms with Crippen LogP contribution in [0.1, 0.15) is 28.2 Å². The summed E-state index contributed by atoms with van der Waals surface area (Å²) in [5, 5.41) is 9.01. The van der Waals surface area contributed by atoms with Crippen LogP contribution < -0.4 is 4.74 Å². The van der Waals surface area contributed by atoms with Crippen LogP contribution in [0.3, 0.4) is 0 Å². The Morgan fingerprint density at radius 3 is 2.50 bits per heavy atom. The number of ether oxygens (including phenoxy) is 2. The summed E-state index contributed by atoms with van der Waals surface area (Å²) in [6.07, 6.45) is 1.59. The third kappa shape index (κ3) is 5.63. The summed E-state index contributed by atoms with van der Waals surface area (Å²) in [5.41, 5.74) is 3.77. The number of hydrogen-bond acceptors (Lipinski definition) is 6. The Balaban J connectivity index is 1.33. The van der Waals surface area contributed by atoms with Gasteiger partial charge in [-0.3, -0.25) is 4.90 Å². The zero-order chi connectivity index (χ0) is 23.9. The third-order valence-electron chi connectivity index (χ3n) is 6.05. The number of methoxy groups -OCH3 is 1. The number of imidazole rings is 1. The highest BCUT2D eigenvalue weighted by Crippen LogP contribution is 2.20. The van der Waals surface area contributed by atoms with Crippen molar-refractivity contribution in [2.45, 2.75) is 26.6 Å². The number of nitriles is 1. The molecule has 1 amide bonds. The fourth-order valence-corrected chi connectivity index (χ4v) is 4.08. The lowest BCUT2D eigenvalue weighted by molar-refractivity contribution is 0.105. The van der Waals surface area contributed by atoms with Crippen LogP contribution in [-0.4, -0.2) is 58.7 Å².